The summed E-state index contributed by atoms with van der Waals surface area (Å²) in [6, 6.07) is 7.71. The number of anilines is 1. The summed E-state index contributed by atoms with van der Waals surface area (Å²) in [6.07, 6.45) is 5.58. The minimum Gasteiger partial charge on any atom is -0.508 e. The number of amides is 2. The summed E-state index contributed by atoms with van der Waals surface area (Å²) < 4.78 is 0. The van der Waals surface area contributed by atoms with Crippen LogP contribution in [-0.4, -0.2) is 27.4 Å². The van der Waals surface area contributed by atoms with E-state index in [1.807, 2.05) is 6.92 Å². The van der Waals surface area contributed by atoms with E-state index >= 15 is 0 Å². The zero-order valence-electron chi connectivity index (χ0n) is 15.1. The molecule has 0 spiro atoms. The maximum absolute atomic E-state index is 12.5. The van der Waals surface area contributed by atoms with Crippen molar-refractivity contribution in [1.29, 1.82) is 0 Å². The molecule has 1 heterocycles. The van der Waals surface area contributed by atoms with E-state index in [-0.39, 0.29) is 35.2 Å². The van der Waals surface area contributed by atoms with Gasteiger partial charge in [-0.25, -0.2) is 0 Å². The van der Waals surface area contributed by atoms with E-state index in [1.54, 1.807) is 24.3 Å². The van der Waals surface area contributed by atoms with Crippen molar-refractivity contribution in [1.82, 2.24) is 10.3 Å². The highest BCUT2D eigenvalue weighted by molar-refractivity contribution is 6.30. The van der Waals surface area contributed by atoms with Crippen molar-refractivity contribution < 1.29 is 14.7 Å². The normalized spacial score (nSPS) is 15.3. The maximum atomic E-state index is 12.5. The first-order valence-corrected chi connectivity index (χ1v) is 9.28. The van der Waals surface area contributed by atoms with Crippen LogP contribution in [0.5, 0.6) is 5.75 Å². The van der Waals surface area contributed by atoms with Crippen LogP contribution in [0.1, 0.15) is 48.7 Å². The van der Waals surface area contributed by atoms with Crippen LogP contribution in [0, 0.1) is 0 Å². The van der Waals surface area contributed by atoms with Gasteiger partial charge in [-0.05, 0) is 50.1 Å². The van der Waals surface area contributed by atoms with Crippen molar-refractivity contribution in [2.45, 2.75) is 44.6 Å². The molecule has 3 rings (SSSR count). The van der Waals surface area contributed by atoms with Gasteiger partial charge in [0.2, 0.25) is 5.91 Å². The predicted molar refractivity (Wildman–Crippen MR) is 104 cm³/mol. The second kappa shape index (κ2) is 7.96. The fourth-order valence-corrected chi connectivity index (χ4v) is 3.52. The van der Waals surface area contributed by atoms with E-state index in [1.165, 1.54) is 12.3 Å². The van der Waals surface area contributed by atoms with Gasteiger partial charge < -0.3 is 15.7 Å². The Kier molecular flexibility index (Phi) is 5.65. The van der Waals surface area contributed by atoms with Gasteiger partial charge in [0.05, 0.1) is 6.42 Å². The van der Waals surface area contributed by atoms with Crippen molar-refractivity contribution in [2.75, 3.05) is 5.32 Å². The van der Waals surface area contributed by atoms with Gasteiger partial charge in [0.15, 0.2) is 0 Å². The molecule has 2 aromatic rings. The number of aromatic hydroxyl groups is 1. The molecule has 1 saturated carbocycles. The van der Waals surface area contributed by atoms with Crippen LogP contribution < -0.4 is 10.6 Å². The molecule has 0 atom stereocenters. The van der Waals surface area contributed by atoms with Crippen LogP contribution in [0.25, 0.3) is 0 Å². The van der Waals surface area contributed by atoms with E-state index in [0.29, 0.717) is 16.3 Å². The average molecular weight is 388 g/mol. The van der Waals surface area contributed by atoms with Crippen LogP contribution in [0.15, 0.2) is 36.5 Å². The SMILES string of the molecule is CC1(NC(=O)c2cc(NC(=O)Cc3cc(Cl)ccc3O)ccn2)CCCC1. The molecule has 0 bridgehead atoms. The lowest BCUT2D eigenvalue weighted by Gasteiger charge is -2.25. The first-order chi connectivity index (χ1) is 12.8. The predicted octanol–water partition coefficient (Wildman–Crippen LogP) is 3.68. The molecule has 27 heavy (non-hydrogen) atoms. The molecule has 1 aromatic heterocycles. The summed E-state index contributed by atoms with van der Waals surface area (Å²) in [6.45, 7) is 2.04. The minimum absolute atomic E-state index is 0.00847. The molecule has 3 N–H and O–H groups in total. The number of hydrogen-bond donors (Lipinski definition) is 3. The molecule has 1 fully saturated rings. The molecule has 7 heteroatoms. The molecule has 0 saturated heterocycles. The van der Waals surface area contributed by atoms with Crippen molar-refractivity contribution in [3.05, 3.63) is 52.8 Å². The van der Waals surface area contributed by atoms with Gasteiger partial charge in [-0.2, -0.15) is 0 Å². The second-order valence-electron chi connectivity index (χ2n) is 7.15. The average Bonchev–Trinajstić information content (AvgIpc) is 3.04. The fraction of sp³-hybridized carbons (Fsp3) is 0.350. The Balaban J connectivity index is 1.65. The number of nitrogens with one attached hydrogen (secondary N) is 2. The van der Waals surface area contributed by atoms with Gasteiger partial charge in [-0.15, -0.1) is 0 Å². The van der Waals surface area contributed by atoms with Crippen molar-refractivity contribution in [3.8, 4) is 5.75 Å². The zero-order chi connectivity index (χ0) is 19.4. The van der Waals surface area contributed by atoms with E-state index in [0.717, 1.165) is 25.7 Å². The van der Waals surface area contributed by atoms with Gasteiger partial charge in [-0.3, -0.25) is 14.6 Å². The summed E-state index contributed by atoms with van der Waals surface area (Å²) in [7, 11) is 0. The topological polar surface area (TPSA) is 91.3 Å². The number of carbonyl (C=O) groups excluding carboxylic acids is 2. The quantitative estimate of drug-likeness (QED) is 0.729. The molecule has 0 radical (unpaired) electrons. The Morgan fingerprint density at radius 2 is 1.96 bits per heavy atom. The number of phenolic OH excluding ortho intramolecular Hbond substituents is 1. The van der Waals surface area contributed by atoms with Gasteiger partial charge in [0.25, 0.3) is 5.91 Å². The number of halogens is 1. The minimum atomic E-state index is -0.326. The number of benzene rings is 1. The number of rotatable bonds is 5. The molecule has 0 aliphatic heterocycles. The lowest BCUT2D eigenvalue weighted by atomic mass is 10.0. The third-order valence-corrected chi connectivity index (χ3v) is 5.03. The highest BCUT2D eigenvalue weighted by Gasteiger charge is 2.30. The molecular formula is C20H22ClN3O3. The number of pyridine rings is 1. The Hall–Kier alpha value is -2.60. The number of nitrogens with zero attached hydrogens (tertiary/aromatic N) is 1. The Labute approximate surface area is 163 Å². The first-order valence-electron chi connectivity index (χ1n) is 8.90. The number of carbonyl (C=O) groups is 2. The van der Waals surface area contributed by atoms with E-state index in [9.17, 15) is 14.7 Å². The highest BCUT2D eigenvalue weighted by Crippen LogP contribution is 2.29. The summed E-state index contributed by atoms with van der Waals surface area (Å²) in [4.78, 5) is 28.9. The number of hydrogen-bond acceptors (Lipinski definition) is 4. The van der Waals surface area contributed by atoms with E-state index in [2.05, 4.69) is 15.6 Å². The lowest BCUT2D eigenvalue weighted by molar-refractivity contribution is -0.115. The van der Waals surface area contributed by atoms with E-state index < -0.39 is 0 Å². The third kappa shape index (κ3) is 4.98. The number of aromatic nitrogens is 1. The third-order valence-electron chi connectivity index (χ3n) is 4.79. The molecule has 2 amide bonds. The highest BCUT2D eigenvalue weighted by atomic mass is 35.5. The maximum Gasteiger partial charge on any atom is 0.270 e. The summed E-state index contributed by atoms with van der Waals surface area (Å²) in [5.41, 5.74) is 0.966. The van der Waals surface area contributed by atoms with Crippen LogP contribution in [-0.2, 0) is 11.2 Å². The van der Waals surface area contributed by atoms with Crippen LogP contribution >= 0.6 is 11.6 Å². The largest absolute Gasteiger partial charge is 0.508 e. The molecule has 142 valence electrons. The Bertz CT molecular complexity index is 863. The Morgan fingerprint density at radius 3 is 2.70 bits per heavy atom. The van der Waals surface area contributed by atoms with Crippen LogP contribution in [0.2, 0.25) is 5.02 Å². The van der Waals surface area contributed by atoms with Gasteiger partial charge >= 0.3 is 0 Å². The van der Waals surface area contributed by atoms with Crippen LogP contribution in [0.4, 0.5) is 5.69 Å². The molecule has 0 unspecified atom stereocenters. The second-order valence-corrected chi connectivity index (χ2v) is 7.59. The molecule has 1 aliphatic rings. The van der Waals surface area contributed by atoms with Crippen molar-refractivity contribution >= 4 is 29.1 Å². The smallest absolute Gasteiger partial charge is 0.270 e. The monoisotopic (exact) mass is 387 g/mol. The van der Waals surface area contributed by atoms with Crippen LogP contribution in [0.3, 0.4) is 0 Å². The van der Waals surface area contributed by atoms with Crippen molar-refractivity contribution in [3.63, 3.8) is 0 Å². The molecule has 1 aromatic carbocycles. The molecule has 6 nitrogen and oxygen atoms in total. The molecular weight excluding hydrogens is 366 g/mol. The molecule has 1 aliphatic carbocycles. The first kappa shape index (κ1) is 19.2. The van der Waals surface area contributed by atoms with E-state index in [4.69, 9.17) is 11.6 Å². The standard InChI is InChI=1S/C20H22ClN3O3/c1-20(7-2-3-8-20)24-19(27)16-12-15(6-9-22-16)23-18(26)11-13-10-14(21)4-5-17(13)25/h4-6,9-10,12,25H,2-3,7-8,11H2,1H3,(H,24,27)(H,22,23,26). The van der Waals surface area contributed by atoms with Crippen molar-refractivity contribution in [2.24, 2.45) is 0 Å². The summed E-state index contributed by atoms with van der Waals surface area (Å²) in [5.74, 6) is -0.565. The summed E-state index contributed by atoms with van der Waals surface area (Å²) in [5, 5.41) is 16.0. The zero-order valence-corrected chi connectivity index (χ0v) is 15.8. The van der Waals surface area contributed by atoms with Gasteiger partial charge in [0, 0.05) is 28.0 Å². The Morgan fingerprint density at radius 1 is 1.22 bits per heavy atom. The van der Waals surface area contributed by atoms with Gasteiger partial charge in [-0.1, -0.05) is 24.4 Å². The lowest BCUT2D eigenvalue weighted by Crippen LogP contribution is -2.43. The fourth-order valence-electron chi connectivity index (χ4n) is 3.32. The number of phenols is 1. The van der Waals surface area contributed by atoms with Gasteiger partial charge in [0.1, 0.15) is 11.4 Å². The summed E-state index contributed by atoms with van der Waals surface area (Å²) >= 11 is 5.90.